The van der Waals surface area contributed by atoms with Crippen molar-refractivity contribution in [2.45, 2.75) is 11.8 Å². The van der Waals surface area contributed by atoms with Crippen molar-refractivity contribution < 1.29 is 14.1 Å². The molecule has 3 N–H and O–H groups in total. The molecule has 2 aromatic carbocycles. The molecule has 1 atom stereocenters. The number of carbonyl (C=O) groups excluding carboxylic acids is 1. The quantitative estimate of drug-likeness (QED) is 0.762. The van der Waals surface area contributed by atoms with Gasteiger partial charge in [-0.15, -0.1) is 0 Å². The molecule has 0 aliphatic heterocycles. The van der Waals surface area contributed by atoms with Gasteiger partial charge in [-0.2, -0.15) is 0 Å². The maximum absolute atomic E-state index is 11.9. The summed E-state index contributed by atoms with van der Waals surface area (Å²) in [6.07, 6.45) is 1.60. The van der Waals surface area contributed by atoms with E-state index in [-0.39, 0.29) is 11.8 Å². The van der Waals surface area contributed by atoms with E-state index < -0.39 is 10.8 Å². The van der Waals surface area contributed by atoms with Gasteiger partial charge in [0, 0.05) is 33.3 Å². The van der Waals surface area contributed by atoms with Gasteiger partial charge in [0.1, 0.15) is 5.75 Å². The summed E-state index contributed by atoms with van der Waals surface area (Å²) < 4.78 is 11.3. The number of carbonyl (C=O) groups is 1. The lowest BCUT2D eigenvalue weighted by Crippen LogP contribution is -2.19. The van der Waals surface area contributed by atoms with Crippen LogP contribution in [0.5, 0.6) is 5.75 Å². The van der Waals surface area contributed by atoms with Crippen LogP contribution in [-0.4, -0.2) is 21.6 Å². The fraction of sp³-hybridized carbons (Fsp3) is 0.133. The summed E-state index contributed by atoms with van der Waals surface area (Å²) in [4.78, 5) is 12.6. The minimum Gasteiger partial charge on any atom is -0.508 e. The van der Waals surface area contributed by atoms with Gasteiger partial charge >= 0.3 is 6.03 Å². The molecule has 0 aliphatic rings. The molecule has 0 aliphatic carbocycles. The summed E-state index contributed by atoms with van der Waals surface area (Å²) in [5.74, 6) is 0.184. The number of rotatable bonds is 3. The Hall–Kier alpha value is -2.34. The van der Waals surface area contributed by atoms with Gasteiger partial charge in [0.15, 0.2) is 0 Å². The number of phenolic OH excluding ortho intramolecular Hbond substituents is 1. The molecular weight excluding hydrogens is 288 g/mol. The van der Waals surface area contributed by atoms with Crippen LogP contribution in [0.3, 0.4) is 0 Å². The summed E-state index contributed by atoms with van der Waals surface area (Å²) >= 11 is 0. The van der Waals surface area contributed by atoms with Crippen LogP contribution in [0.15, 0.2) is 47.4 Å². The van der Waals surface area contributed by atoms with E-state index in [2.05, 4.69) is 10.6 Å². The fourth-order valence-electron chi connectivity index (χ4n) is 1.76. The maximum Gasteiger partial charge on any atom is 0.323 e. The number of benzene rings is 2. The van der Waals surface area contributed by atoms with E-state index in [1.165, 1.54) is 6.07 Å². The minimum absolute atomic E-state index is 0.184. The van der Waals surface area contributed by atoms with Crippen molar-refractivity contribution in [2.75, 3.05) is 16.9 Å². The zero-order chi connectivity index (χ0) is 15.4. The number of anilines is 2. The average Bonchev–Trinajstić information content (AvgIpc) is 2.43. The molecule has 0 heterocycles. The highest BCUT2D eigenvalue weighted by molar-refractivity contribution is 7.84. The highest BCUT2D eigenvalue weighted by atomic mass is 32.2. The van der Waals surface area contributed by atoms with E-state index in [9.17, 15) is 14.1 Å². The molecule has 6 heteroatoms. The molecule has 0 saturated carbocycles. The van der Waals surface area contributed by atoms with Gasteiger partial charge in [-0.3, -0.25) is 4.21 Å². The smallest absolute Gasteiger partial charge is 0.323 e. The second kappa shape index (κ2) is 6.41. The van der Waals surface area contributed by atoms with Crippen molar-refractivity contribution in [3.8, 4) is 5.75 Å². The third kappa shape index (κ3) is 4.06. The second-order valence-electron chi connectivity index (χ2n) is 4.56. The summed E-state index contributed by atoms with van der Waals surface area (Å²) in [7, 11) is -1.04. The molecule has 0 spiro atoms. The molecule has 21 heavy (non-hydrogen) atoms. The largest absolute Gasteiger partial charge is 0.508 e. The lowest BCUT2D eigenvalue weighted by Gasteiger charge is -2.09. The molecule has 0 aromatic heterocycles. The Balaban J connectivity index is 2.01. The first-order valence-corrected chi connectivity index (χ1v) is 7.82. The van der Waals surface area contributed by atoms with Gasteiger partial charge in [0.05, 0.1) is 0 Å². The Labute approximate surface area is 125 Å². The minimum atomic E-state index is -1.04. The van der Waals surface area contributed by atoms with Gasteiger partial charge < -0.3 is 15.7 Å². The Morgan fingerprint density at radius 2 is 1.62 bits per heavy atom. The molecule has 0 bridgehead atoms. The first-order chi connectivity index (χ1) is 9.95. The lowest BCUT2D eigenvalue weighted by atomic mass is 10.2. The topological polar surface area (TPSA) is 78.4 Å². The highest BCUT2D eigenvalue weighted by Crippen LogP contribution is 2.20. The van der Waals surface area contributed by atoms with Crippen molar-refractivity contribution in [1.29, 1.82) is 0 Å². The van der Waals surface area contributed by atoms with E-state index in [1.54, 1.807) is 49.6 Å². The van der Waals surface area contributed by atoms with Gasteiger partial charge in [-0.05, 0) is 55.0 Å². The van der Waals surface area contributed by atoms with Crippen LogP contribution in [0, 0.1) is 6.92 Å². The van der Waals surface area contributed by atoms with Crippen LogP contribution in [-0.2, 0) is 10.8 Å². The molecular formula is C15H16N2O3S. The number of hydrogen-bond acceptors (Lipinski definition) is 3. The Morgan fingerprint density at radius 1 is 1.05 bits per heavy atom. The van der Waals surface area contributed by atoms with E-state index in [4.69, 9.17) is 0 Å². The van der Waals surface area contributed by atoms with E-state index in [0.717, 1.165) is 0 Å². The third-order valence-electron chi connectivity index (χ3n) is 2.90. The molecule has 2 amide bonds. The van der Waals surface area contributed by atoms with Crippen molar-refractivity contribution in [1.82, 2.24) is 0 Å². The zero-order valence-electron chi connectivity index (χ0n) is 11.7. The normalized spacial score (nSPS) is 11.7. The van der Waals surface area contributed by atoms with Crippen LogP contribution >= 0.6 is 0 Å². The molecule has 5 nitrogen and oxygen atoms in total. The van der Waals surface area contributed by atoms with Crippen molar-refractivity contribution in [3.05, 3.63) is 48.0 Å². The highest BCUT2D eigenvalue weighted by Gasteiger charge is 2.05. The number of phenols is 1. The summed E-state index contributed by atoms with van der Waals surface area (Å²) in [6, 6.07) is 11.2. The zero-order valence-corrected chi connectivity index (χ0v) is 12.5. The van der Waals surface area contributed by atoms with Crippen LogP contribution in [0.25, 0.3) is 0 Å². The molecule has 2 aromatic rings. The molecule has 0 fully saturated rings. The third-order valence-corrected chi connectivity index (χ3v) is 3.83. The van der Waals surface area contributed by atoms with E-state index >= 15 is 0 Å². The van der Waals surface area contributed by atoms with Gasteiger partial charge in [0.25, 0.3) is 0 Å². The van der Waals surface area contributed by atoms with Crippen LogP contribution in [0.2, 0.25) is 0 Å². The Bertz CT molecular complexity index is 684. The predicted octanol–water partition coefficient (Wildman–Crippen LogP) is 3.08. The van der Waals surface area contributed by atoms with Crippen molar-refractivity contribution >= 4 is 28.2 Å². The van der Waals surface area contributed by atoms with Gasteiger partial charge in [-0.25, -0.2) is 4.79 Å². The van der Waals surface area contributed by atoms with E-state index in [0.29, 0.717) is 21.8 Å². The molecule has 2 rings (SSSR count). The van der Waals surface area contributed by atoms with E-state index in [1.807, 2.05) is 0 Å². The molecule has 0 radical (unpaired) electrons. The van der Waals surface area contributed by atoms with Crippen LogP contribution in [0.1, 0.15) is 5.56 Å². The first-order valence-electron chi connectivity index (χ1n) is 6.27. The Kier molecular flexibility index (Phi) is 4.59. The first kappa shape index (κ1) is 15.1. The average molecular weight is 304 g/mol. The monoisotopic (exact) mass is 304 g/mol. The van der Waals surface area contributed by atoms with Crippen molar-refractivity contribution in [3.63, 3.8) is 0 Å². The van der Waals surface area contributed by atoms with Gasteiger partial charge in [-0.1, -0.05) is 0 Å². The summed E-state index contributed by atoms with van der Waals surface area (Å²) in [5.41, 5.74) is 1.88. The SMILES string of the molecule is Cc1cc(NC(=O)Nc2ccc(S(C)=O)cc2)ccc1O. The number of aromatic hydroxyl groups is 1. The summed E-state index contributed by atoms with van der Waals surface area (Å²) in [6.45, 7) is 1.75. The Morgan fingerprint density at radius 3 is 2.19 bits per heavy atom. The number of urea groups is 1. The molecule has 1 unspecified atom stereocenters. The lowest BCUT2D eigenvalue weighted by molar-refractivity contribution is 0.262. The number of aryl methyl sites for hydroxylation is 1. The van der Waals surface area contributed by atoms with Gasteiger partial charge in [0.2, 0.25) is 0 Å². The number of nitrogens with one attached hydrogen (secondary N) is 2. The molecule has 110 valence electrons. The number of amides is 2. The van der Waals surface area contributed by atoms with Crippen molar-refractivity contribution in [2.24, 2.45) is 0 Å². The standard InChI is InChI=1S/C15H16N2O3S/c1-10-9-12(5-8-14(10)18)17-15(19)16-11-3-6-13(7-4-11)21(2)20/h3-9,18H,1-2H3,(H2,16,17,19). The second-order valence-corrected chi connectivity index (χ2v) is 5.94. The van der Waals surface area contributed by atoms with Crippen LogP contribution < -0.4 is 10.6 Å². The van der Waals surface area contributed by atoms with Crippen LogP contribution in [0.4, 0.5) is 16.2 Å². The fourth-order valence-corrected chi connectivity index (χ4v) is 2.28. The predicted molar refractivity (Wildman–Crippen MR) is 84.3 cm³/mol. The summed E-state index contributed by atoms with van der Waals surface area (Å²) in [5, 5.41) is 14.8. The molecule has 0 saturated heterocycles. The number of hydrogen-bond donors (Lipinski definition) is 3. The maximum atomic E-state index is 11.9.